The number of H-pyrrole nitrogens is 1. The van der Waals surface area contributed by atoms with Crippen molar-refractivity contribution in [1.29, 1.82) is 0 Å². The number of nitrogens with zero attached hydrogens (tertiary/aromatic N) is 3. The lowest BCUT2D eigenvalue weighted by atomic mass is 10.2. The van der Waals surface area contributed by atoms with Gasteiger partial charge >= 0.3 is 0 Å². The van der Waals surface area contributed by atoms with E-state index >= 15 is 0 Å². The van der Waals surface area contributed by atoms with E-state index in [2.05, 4.69) is 15.3 Å². The second kappa shape index (κ2) is 7.50. The van der Waals surface area contributed by atoms with Crippen molar-refractivity contribution >= 4 is 30.0 Å². The van der Waals surface area contributed by atoms with Crippen LogP contribution in [0.3, 0.4) is 0 Å². The van der Waals surface area contributed by atoms with Gasteiger partial charge in [0.15, 0.2) is 17.3 Å². The first-order valence-electron chi connectivity index (χ1n) is 7.32. The summed E-state index contributed by atoms with van der Waals surface area (Å²) in [6.45, 7) is 0. The standard InChI is InChI=1S/C17H15ClN4O2S/c1-23-14-8-4-6-12(15(14)24-2)10-19-22-16(20-21-17(22)25)11-5-3-7-13(18)9-11/h3-10H,1-2H3,(H,21,25)/b19-10+. The third kappa shape index (κ3) is 3.57. The Labute approximate surface area is 154 Å². The molecule has 0 bridgehead atoms. The first kappa shape index (κ1) is 17.2. The molecule has 0 aliphatic heterocycles. The van der Waals surface area contributed by atoms with Gasteiger partial charge in [-0.1, -0.05) is 29.8 Å². The van der Waals surface area contributed by atoms with Crippen LogP contribution < -0.4 is 9.47 Å². The van der Waals surface area contributed by atoms with Gasteiger partial charge < -0.3 is 9.47 Å². The van der Waals surface area contributed by atoms with Gasteiger partial charge in [-0.2, -0.15) is 14.9 Å². The SMILES string of the molecule is COc1cccc(/C=N/n2c(-c3cccc(Cl)c3)n[nH]c2=S)c1OC. The highest BCUT2D eigenvalue weighted by molar-refractivity contribution is 7.71. The van der Waals surface area contributed by atoms with E-state index in [0.717, 1.165) is 11.1 Å². The number of hydrogen-bond acceptors (Lipinski definition) is 5. The summed E-state index contributed by atoms with van der Waals surface area (Å²) in [7, 11) is 3.16. The van der Waals surface area contributed by atoms with Gasteiger partial charge in [-0.05, 0) is 36.5 Å². The maximum Gasteiger partial charge on any atom is 0.216 e. The number of halogens is 1. The van der Waals surface area contributed by atoms with Crippen molar-refractivity contribution in [2.24, 2.45) is 5.10 Å². The summed E-state index contributed by atoms with van der Waals surface area (Å²) in [6, 6.07) is 12.9. The molecule has 0 saturated heterocycles. The number of nitrogens with one attached hydrogen (secondary N) is 1. The Balaban J connectivity index is 2.04. The fraction of sp³-hybridized carbons (Fsp3) is 0.118. The molecule has 0 aliphatic rings. The molecule has 25 heavy (non-hydrogen) atoms. The number of aromatic nitrogens is 3. The Morgan fingerprint density at radius 2 is 2.00 bits per heavy atom. The zero-order valence-electron chi connectivity index (χ0n) is 13.6. The second-order valence-corrected chi connectivity index (χ2v) is 5.82. The van der Waals surface area contributed by atoms with Gasteiger partial charge in [-0.25, -0.2) is 5.10 Å². The Hall–Kier alpha value is -2.64. The number of methoxy groups -OCH3 is 2. The van der Waals surface area contributed by atoms with Crippen molar-refractivity contribution in [1.82, 2.24) is 14.9 Å². The molecule has 0 spiro atoms. The molecular formula is C17H15ClN4O2S. The van der Waals surface area contributed by atoms with E-state index in [9.17, 15) is 0 Å². The van der Waals surface area contributed by atoms with Crippen LogP contribution in [0.1, 0.15) is 5.56 Å². The van der Waals surface area contributed by atoms with E-state index in [1.807, 2.05) is 30.3 Å². The van der Waals surface area contributed by atoms with Crippen LogP contribution in [0, 0.1) is 4.77 Å². The first-order valence-corrected chi connectivity index (χ1v) is 8.11. The quantitative estimate of drug-likeness (QED) is 0.538. The third-order valence-corrected chi connectivity index (χ3v) is 3.98. The normalized spacial score (nSPS) is 11.0. The minimum atomic E-state index is 0.369. The van der Waals surface area contributed by atoms with Crippen LogP contribution >= 0.6 is 23.8 Å². The summed E-state index contributed by atoms with van der Waals surface area (Å²) in [5.41, 5.74) is 1.55. The number of hydrogen-bond donors (Lipinski definition) is 1. The average molecular weight is 375 g/mol. The number of para-hydroxylation sites is 1. The number of rotatable bonds is 5. The number of benzene rings is 2. The van der Waals surface area contributed by atoms with Crippen LogP contribution in [0.4, 0.5) is 0 Å². The van der Waals surface area contributed by atoms with Gasteiger partial charge in [0.2, 0.25) is 4.77 Å². The molecule has 128 valence electrons. The molecule has 0 atom stereocenters. The largest absolute Gasteiger partial charge is 0.493 e. The molecule has 0 fully saturated rings. The topological polar surface area (TPSA) is 64.4 Å². The predicted molar refractivity (Wildman–Crippen MR) is 100 cm³/mol. The Morgan fingerprint density at radius 1 is 1.20 bits per heavy atom. The van der Waals surface area contributed by atoms with Crippen LogP contribution in [0.2, 0.25) is 5.02 Å². The molecule has 3 aromatic rings. The van der Waals surface area contributed by atoms with Gasteiger partial charge in [-0.15, -0.1) is 0 Å². The summed E-state index contributed by atoms with van der Waals surface area (Å²) in [4.78, 5) is 0. The van der Waals surface area contributed by atoms with Crippen molar-refractivity contribution in [3.63, 3.8) is 0 Å². The molecule has 0 saturated carbocycles. The number of aromatic amines is 1. The van der Waals surface area contributed by atoms with E-state index in [0.29, 0.717) is 27.1 Å². The highest BCUT2D eigenvalue weighted by Gasteiger charge is 2.10. The van der Waals surface area contributed by atoms with Gasteiger partial charge in [-0.3, -0.25) is 0 Å². The summed E-state index contributed by atoms with van der Waals surface area (Å²) < 4.78 is 12.6. The second-order valence-electron chi connectivity index (χ2n) is 5.00. The lowest BCUT2D eigenvalue weighted by Gasteiger charge is -2.09. The molecule has 6 nitrogen and oxygen atoms in total. The monoisotopic (exact) mass is 374 g/mol. The van der Waals surface area contributed by atoms with Crippen molar-refractivity contribution in [2.75, 3.05) is 14.2 Å². The fourth-order valence-electron chi connectivity index (χ4n) is 2.35. The van der Waals surface area contributed by atoms with Crippen LogP contribution in [0.25, 0.3) is 11.4 Å². The lowest BCUT2D eigenvalue weighted by Crippen LogP contribution is -1.98. The lowest BCUT2D eigenvalue weighted by molar-refractivity contribution is 0.354. The summed E-state index contributed by atoms with van der Waals surface area (Å²) in [6.07, 6.45) is 1.64. The molecule has 0 radical (unpaired) electrons. The Bertz CT molecular complexity index is 981. The van der Waals surface area contributed by atoms with Gasteiger partial charge in [0.1, 0.15) is 0 Å². The predicted octanol–water partition coefficient (Wildman–Crippen LogP) is 4.16. The average Bonchev–Trinajstić information content (AvgIpc) is 3.00. The molecule has 1 N–H and O–H groups in total. The molecule has 0 unspecified atom stereocenters. The van der Waals surface area contributed by atoms with Gasteiger partial charge in [0, 0.05) is 16.1 Å². The van der Waals surface area contributed by atoms with E-state index in [4.69, 9.17) is 33.3 Å². The fourth-order valence-corrected chi connectivity index (χ4v) is 2.72. The third-order valence-electron chi connectivity index (χ3n) is 3.48. The highest BCUT2D eigenvalue weighted by atomic mass is 35.5. The van der Waals surface area contributed by atoms with Crippen LogP contribution in [0.5, 0.6) is 11.5 Å². The minimum Gasteiger partial charge on any atom is -0.493 e. The zero-order valence-corrected chi connectivity index (χ0v) is 15.1. The molecule has 1 aromatic heterocycles. The van der Waals surface area contributed by atoms with Crippen LogP contribution in [-0.2, 0) is 0 Å². The van der Waals surface area contributed by atoms with Crippen molar-refractivity contribution in [3.05, 3.63) is 57.8 Å². The first-order chi connectivity index (χ1) is 12.1. The summed E-state index contributed by atoms with van der Waals surface area (Å²) in [5, 5.41) is 12.0. The van der Waals surface area contributed by atoms with Crippen LogP contribution in [-0.4, -0.2) is 35.3 Å². The molecule has 0 aliphatic carbocycles. The molecule has 2 aromatic carbocycles. The molecule has 0 amide bonds. The molecule has 3 rings (SSSR count). The maximum absolute atomic E-state index is 6.06. The summed E-state index contributed by atoms with van der Waals surface area (Å²) >= 11 is 11.3. The highest BCUT2D eigenvalue weighted by Crippen LogP contribution is 2.29. The smallest absolute Gasteiger partial charge is 0.216 e. The van der Waals surface area contributed by atoms with E-state index in [-0.39, 0.29) is 0 Å². The number of ether oxygens (including phenoxy) is 2. The molecular weight excluding hydrogens is 360 g/mol. The van der Waals surface area contributed by atoms with Gasteiger partial charge in [0.05, 0.1) is 20.4 Å². The van der Waals surface area contributed by atoms with E-state index in [1.165, 1.54) is 4.68 Å². The Kier molecular flexibility index (Phi) is 5.16. The minimum absolute atomic E-state index is 0.369. The van der Waals surface area contributed by atoms with Crippen LogP contribution in [0.15, 0.2) is 47.6 Å². The Morgan fingerprint density at radius 3 is 2.72 bits per heavy atom. The van der Waals surface area contributed by atoms with Crippen molar-refractivity contribution in [2.45, 2.75) is 0 Å². The van der Waals surface area contributed by atoms with Crippen molar-refractivity contribution in [3.8, 4) is 22.9 Å². The van der Waals surface area contributed by atoms with E-state index < -0.39 is 0 Å². The van der Waals surface area contributed by atoms with E-state index in [1.54, 1.807) is 32.6 Å². The maximum atomic E-state index is 6.06. The summed E-state index contributed by atoms with van der Waals surface area (Å²) in [5.74, 6) is 1.77. The molecule has 8 heteroatoms. The zero-order chi connectivity index (χ0) is 17.8. The molecule has 1 heterocycles. The van der Waals surface area contributed by atoms with Crippen molar-refractivity contribution < 1.29 is 9.47 Å². The van der Waals surface area contributed by atoms with Gasteiger partial charge in [0.25, 0.3) is 0 Å².